The molecular weight excluding hydrogens is 212 g/mol. The zero-order valence-corrected chi connectivity index (χ0v) is 10.0. The number of hydrogen-bond donors (Lipinski definition) is 2. The molecule has 0 aromatic heterocycles. The molecule has 0 atom stereocenters. The molecule has 0 saturated carbocycles. The van der Waals surface area contributed by atoms with Crippen LogP contribution in [0.2, 0.25) is 0 Å². The van der Waals surface area contributed by atoms with Crippen LogP contribution in [0.15, 0.2) is 48.5 Å². The van der Waals surface area contributed by atoms with Crippen LogP contribution in [-0.2, 0) is 5.60 Å². The molecule has 0 amide bonds. The second kappa shape index (κ2) is 4.22. The molecule has 0 spiro atoms. The first-order valence-corrected chi connectivity index (χ1v) is 5.59. The summed E-state index contributed by atoms with van der Waals surface area (Å²) >= 11 is 0. The molecule has 0 unspecified atom stereocenters. The Kier molecular flexibility index (Phi) is 2.90. The van der Waals surface area contributed by atoms with E-state index in [1.807, 2.05) is 36.4 Å². The van der Waals surface area contributed by atoms with Crippen LogP contribution in [-0.4, -0.2) is 10.2 Å². The highest BCUT2D eigenvalue weighted by Crippen LogP contribution is 2.25. The third-order valence-corrected chi connectivity index (χ3v) is 2.79. The third-order valence-electron chi connectivity index (χ3n) is 2.79. The van der Waals surface area contributed by atoms with Gasteiger partial charge in [0, 0.05) is 0 Å². The van der Waals surface area contributed by atoms with E-state index in [9.17, 15) is 10.2 Å². The highest BCUT2D eigenvalue weighted by Gasteiger charge is 2.15. The van der Waals surface area contributed by atoms with Crippen molar-refractivity contribution in [3.63, 3.8) is 0 Å². The van der Waals surface area contributed by atoms with Crippen molar-refractivity contribution in [3.8, 4) is 16.9 Å². The molecule has 2 heteroatoms. The number of rotatable bonds is 2. The maximum Gasteiger partial charge on any atom is 0.115 e. The summed E-state index contributed by atoms with van der Waals surface area (Å²) in [5.74, 6) is 0.266. The summed E-state index contributed by atoms with van der Waals surface area (Å²) in [6.45, 7) is 3.53. The van der Waals surface area contributed by atoms with Crippen LogP contribution < -0.4 is 0 Å². The Balaban J connectivity index is 2.33. The predicted octanol–water partition coefficient (Wildman–Crippen LogP) is 3.29. The Bertz CT molecular complexity index is 490. The van der Waals surface area contributed by atoms with Crippen molar-refractivity contribution < 1.29 is 10.2 Å². The zero-order valence-electron chi connectivity index (χ0n) is 10.0. The quantitative estimate of drug-likeness (QED) is 0.828. The Labute approximate surface area is 101 Å². The van der Waals surface area contributed by atoms with Gasteiger partial charge in [0.15, 0.2) is 0 Å². The molecule has 0 bridgehead atoms. The van der Waals surface area contributed by atoms with Crippen molar-refractivity contribution in [1.82, 2.24) is 0 Å². The summed E-state index contributed by atoms with van der Waals surface area (Å²) in [6, 6.07) is 14.9. The molecule has 88 valence electrons. The monoisotopic (exact) mass is 228 g/mol. The van der Waals surface area contributed by atoms with E-state index in [-0.39, 0.29) is 5.75 Å². The van der Waals surface area contributed by atoms with E-state index in [0.717, 1.165) is 16.7 Å². The van der Waals surface area contributed by atoms with Gasteiger partial charge in [-0.1, -0.05) is 36.4 Å². The first-order chi connectivity index (χ1) is 7.97. The van der Waals surface area contributed by atoms with Crippen molar-refractivity contribution >= 4 is 0 Å². The summed E-state index contributed by atoms with van der Waals surface area (Å²) < 4.78 is 0. The summed E-state index contributed by atoms with van der Waals surface area (Å²) in [6.07, 6.45) is 0. The van der Waals surface area contributed by atoms with Gasteiger partial charge in [0.2, 0.25) is 0 Å². The van der Waals surface area contributed by atoms with Crippen LogP contribution in [0, 0.1) is 0 Å². The van der Waals surface area contributed by atoms with E-state index < -0.39 is 5.60 Å². The molecule has 0 saturated heterocycles. The van der Waals surface area contributed by atoms with Crippen LogP contribution in [0.4, 0.5) is 0 Å². The topological polar surface area (TPSA) is 40.5 Å². The van der Waals surface area contributed by atoms with Crippen molar-refractivity contribution in [3.05, 3.63) is 54.1 Å². The Morgan fingerprint density at radius 2 is 1.18 bits per heavy atom. The third kappa shape index (κ3) is 2.66. The normalized spacial score (nSPS) is 11.5. The molecule has 0 aliphatic rings. The molecular formula is C15H16O2. The standard InChI is InChI=1S/C15H16O2/c1-15(2,17)13-7-3-11(4-8-13)12-5-9-14(16)10-6-12/h3-10,16-17H,1-2H3. The first kappa shape index (κ1) is 11.7. The van der Waals surface area contributed by atoms with E-state index >= 15 is 0 Å². The Morgan fingerprint density at radius 1 is 0.765 bits per heavy atom. The molecule has 0 aliphatic carbocycles. The van der Waals surface area contributed by atoms with Gasteiger partial charge in [-0.2, -0.15) is 0 Å². The minimum absolute atomic E-state index is 0.266. The van der Waals surface area contributed by atoms with Crippen molar-refractivity contribution in [1.29, 1.82) is 0 Å². The molecule has 2 rings (SSSR count). The lowest BCUT2D eigenvalue weighted by Gasteiger charge is -2.17. The number of hydrogen-bond acceptors (Lipinski definition) is 2. The van der Waals surface area contributed by atoms with Crippen LogP contribution in [0.25, 0.3) is 11.1 Å². The van der Waals surface area contributed by atoms with Gasteiger partial charge in [0.25, 0.3) is 0 Å². The minimum Gasteiger partial charge on any atom is -0.508 e. The smallest absolute Gasteiger partial charge is 0.115 e. The average Bonchev–Trinajstić information content (AvgIpc) is 2.29. The van der Waals surface area contributed by atoms with Gasteiger partial charge in [-0.15, -0.1) is 0 Å². The van der Waals surface area contributed by atoms with Crippen molar-refractivity contribution in [2.75, 3.05) is 0 Å². The molecule has 0 aliphatic heterocycles. The van der Waals surface area contributed by atoms with E-state index in [4.69, 9.17) is 0 Å². The predicted molar refractivity (Wildman–Crippen MR) is 68.8 cm³/mol. The number of aliphatic hydroxyl groups is 1. The molecule has 2 N–H and O–H groups in total. The fourth-order valence-corrected chi connectivity index (χ4v) is 1.72. The Hall–Kier alpha value is -1.80. The lowest BCUT2D eigenvalue weighted by Crippen LogP contribution is -2.14. The van der Waals surface area contributed by atoms with Crippen LogP contribution in [0.5, 0.6) is 5.75 Å². The molecule has 0 heterocycles. The molecule has 0 radical (unpaired) electrons. The van der Waals surface area contributed by atoms with Gasteiger partial charge in [0.1, 0.15) is 5.75 Å². The van der Waals surface area contributed by atoms with Gasteiger partial charge in [0.05, 0.1) is 5.60 Å². The van der Waals surface area contributed by atoms with Crippen LogP contribution in [0.3, 0.4) is 0 Å². The fraction of sp³-hybridized carbons (Fsp3) is 0.200. The zero-order chi connectivity index (χ0) is 12.5. The highest BCUT2D eigenvalue weighted by atomic mass is 16.3. The lowest BCUT2D eigenvalue weighted by molar-refractivity contribution is 0.0786. The van der Waals surface area contributed by atoms with E-state index in [2.05, 4.69) is 0 Å². The fourth-order valence-electron chi connectivity index (χ4n) is 1.72. The minimum atomic E-state index is -0.812. The second-order valence-corrected chi connectivity index (χ2v) is 4.68. The van der Waals surface area contributed by atoms with Gasteiger partial charge < -0.3 is 10.2 Å². The maximum absolute atomic E-state index is 9.85. The molecule has 2 nitrogen and oxygen atoms in total. The first-order valence-electron chi connectivity index (χ1n) is 5.59. The molecule has 0 fully saturated rings. The molecule has 2 aromatic carbocycles. The van der Waals surface area contributed by atoms with Crippen LogP contribution >= 0.6 is 0 Å². The van der Waals surface area contributed by atoms with E-state index in [1.165, 1.54) is 0 Å². The summed E-state index contributed by atoms with van der Waals surface area (Å²) in [5.41, 5.74) is 2.19. The summed E-state index contributed by atoms with van der Waals surface area (Å²) in [5, 5.41) is 19.1. The summed E-state index contributed by atoms with van der Waals surface area (Å²) in [4.78, 5) is 0. The van der Waals surface area contributed by atoms with E-state index in [0.29, 0.717) is 0 Å². The largest absolute Gasteiger partial charge is 0.508 e. The number of aromatic hydroxyl groups is 1. The number of phenolic OH excluding ortho intramolecular Hbond substituents is 1. The van der Waals surface area contributed by atoms with Gasteiger partial charge in [-0.3, -0.25) is 0 Å². The van der Waals surface area contributed by atoms with Crippen molar-refractivity contribution in [2.24, 2.45) is 0 Å². The van der Waals surface area contributed by atoms with Crippen molar-refractivity contribution in [2.45, 2.75) is 19.4 Å². The van der Waals surface area contributed by atoms with Gasteiger partial charge in [-0.05, 0) is 42.7 Å². The molecule has 17 heavy (non-hydrogen) atoms. The highest BCUT2D eigenvalue weighted by molar-refractivity contribution is 5.64. The summed E-state index contributed by atoms with van der Waals surface area (Å²) in [7, 11) is 0. The lowest BCUT2D eigenvalue weighted by atomic mass is 9.95. The average molecular weight is 228 g/mol. The maximum atomic E-state index is 9.85. The number of phenols is 1. The SMILES string of the molecule is CC(C)(O)c1ccc(-c2ccc(O)cc2)cc1. The van der Waals surface area contributed by atoms with Gasteiger partial charge >= 0.3 is 0 Å². The number of benzene rings is 2. The second-order valence-electron chi connectivity index (χ2n) is 4.68. The van der Waals surface area contributed by atoms with Crippen LogP contribution in [0.1, 0.15) is 19.4 Å². The molecule has 2 aromatic rings. The van der Waals surface area contributed by atoms with Gasteiger partial charge in [-0.25, -0.2) is 0 Å². The Morgan fingerprint density at radius 3 is 1.59 bits per heavy atom. The van der Waals surface area contributed by atoms with E-state index in [1.54, 1.807) is 26.0 Å².